The summed E-state index contributed by atoms with van der Waals surface area (Å²) in [5.74, 6) is 1.00. The fourth-order valence-corrected chi connectivity index (χ4v) is 5.31. The summed E-state index contributed by atoms with van der Waals surface area (Å²) in [7, 11) is 0. The maximum atomic E-state index is 14.6. The van der Waals surface area contributed by atoms with Crippen LogP contribution in [0.1, 0.15) is 73.9 Å². The predicted molar refractivity (Wildman–Crippen MR) is 169 cm³/mol. The summed E-state index contributed by atoms with van der Waals surface area (Å²) < 4.78 is 14.6. The molecule has 0 spiro atoms. The molecule has 1 aliphatic heterocycles. The van der Waals surface area contributed by atoms with Crippen LogP contribution in [0, 0.1) is 11.7 Å². The quantitative estimate of drug-likeness (QED) is 0.228. The van der Waals surface area contributed by atoms with E-state index < -0.39 is 0 Å². The molecule has 0 aliphatic carbocycles. The van der Waals surface area contributed by atoms with Crippen molar-refractivity contribution in [1.29, 1.82) is 0 Å². The molecule has 4 rings (SSSR count). The highest BCUT2D eigenvalue weighted by Gasteiger charge is 2.16. The molecule has 5 nitrogen and oxygen atoms in total. The third-order valence-corrected chi connectivity index (χ3v) is 7.81. The molecule has 0 amide bonds. The Morgan fingerprint density at radius 2 is 1.77 bits per heavy atom. The molecule has 1 fully saturated rings. The van der Waals surface area contributed by atoms with Crippen molar-refractivity contribution in [3.05, 3.63) is 96.1 Å². The molecular formula is C34H42FN5. The van der Waals surface area contributed by atoms with Crippen molar-refractivity contribution >= 4 is 35.2 Å². The van der Waals surface area contributed by atoms with Crippen LogP contribution in [-0.4, -0.2) is 29.6 Å². The van der Waals surface area contributed by atoms with E-state index in [-0.39, 0.29) is 5.82 Å². The minimum Gasteiger partial charge on any atom is -0.371 e. The number of aromatic nitrogens is 2. The first-order chi connectivity index (χ1) is 19.4. The van der Waals surface area contributed by atoms with Crippen molar-refractivity contribution in [1.82, 2.24) is 9.97 Å². The van der Waals surface area contributed by atoms with E-state index in [4.69, 9.17) is 4.98 Å². The van der Waals surface area contributed by atoms with Crippen LogP contribution in [0.3, 0.4) is 0 Å². The highest BCUT2D eigenvalue weighted by molar-refractivity contribution is 5.84. The second-order valence-electron chi connectivity index (χ2n) is 10.5. The lowest BCUT2D eigenvalue weighted by molar-refractivity contribution is 0.517. The number of anilines is 3. The highest BCUT2D eigenvalue weighted by Crippen LogP contribution is 2.31. The van der Waals surface area contributed by atoms with Crippen LogP contribution in [0.5, 0.6) is 0 Å². The lowest BCUT2D eigenvalue weighted by Crippen LogP contribution is -2.29. The Labute approximate surface area is 239 Å². The van der Waals surface area contributed by atoms with Gasteiger partial charge in [0.25, 0.3) is 0 Å². The molecule has 1 aliphatic rings. The van der Waals surface area contributed by atoms with Gasteiger partial charge < -0.3 is 15.5 Å². The molecule has 2 heterocycles. The Kier molecular flexibility index (Phi) is 10.1. The predicted octanol–water partition coefficient (Wildman–Crippen LogP) is 8.41. The van der Waals surface area contributed by atoms with Gasteiger partial charge in [-0.15, -0.1) is 0 Å². The maximum absolute atomic E-state index is 14.6. The Morgan fingerprint density at radius 1 is 1.02 bits per heavy atom. The standard InChI is InChI=1S/C34H42FN5/c1-6-25(7-2)23-37-34-36-16-15-29(39-34)20-26-13-14-33(32(9-4)31(26)8-3)38-24(5)27-19-28(35)22-30(21-27)40-17-11-10-12-18-40/h8-9,13-16,19,21-22,25,38H,3-7,10-12,17-18,20,23H2,1-2H3,(H,36,37,39). The molecule has 0 saturated carbocycles. The third kappa shape index (κ3) is 7.17. The first kappa shape index (κ1) is 29.1. The topological polar surface area (TPSA) is 53.1 Å². The van der Waals surface area contributed by atoms with E-state index in [0.717, 1.165) is 84.6 Å². The van der Waals surface area contributed by atoms with Gasteiger partial charge in [-0.25, -0.2) is 14.4 Å². The molecule has 0 unspecified atom stereocenters. The van der Waals surface area contributed by atoms with E-state index in [1.165, 1.54) is 12.5 Å². The van der Waals surface area contributed by atoms with Crippen molar-refractivity contribution in [2.24, 2.45) is 5.92 Å². The lowest BCUT2D eigenvalue weighted by atomic mass is 9.95. The Bertz CT molecular complexity index is 1340. The summed E-state index contributed by atoms with van der Waals surface area (Å²) in [5, 5.41) is 6.80. The number of hydrogen-bond acceptors (Lipinski definition) is 5. The van der Waals surface area contributed by atoms with Gasteiger partial charge in [-0.2, -0.15) is 0 Å². The van der Waals surface area contributed by atoms with E-state index in [9.17, 15) is 4.39 Å². The first-order valence-electron chi connectivity index (χ1n) is 14.4. The Balaban J connectivity index is 1.53. The van der Waals surface area contributed by atoms with E-state index >= 15 is 0 Å². The van der Waals surface area contributed by atoms with Gasteiger partial charge in [-0.3, -0.25) is 0 Å². The largest absolute Gasteiger partial charge is 0.371 e. The zero-order valence-electron chi connectivity index (χ0n) is 24.0. The van der Waals surface area contributed by atoms with Gasteiger partial charge in [0.15, 0.2) is 0 Å². The summed E-state index contributed by atoms with van der Waals surface area (Å²) in [6, 6.07) is 11.2. The maximum Gasteiger partial charge on any atom is 0.222 e. The fourth-order valence-electron chi connectivity index (χ4n) is 5.31. The molecule has 3 aromatic rings. The summed E-state index contributed by atoms with van der Waals surface area (Å²) in [6.07, 6.45) is 11.9. The minimum absolute atomic E-state index is 0.259. The number of nitrogens with one attached hydrogen (secondary N) is 2. The van der Waals surface area contributed by atoms with Gasteiger partial charge in [0.1, 0.15) is 5.82 Å². The number of halogens is 1. The molecule has 2 aromatic carbocycles. The SMILES string of the molecule is C=Cc1c(Cc2ccnc(NCC(CC)CC)n2)ccc(NC(=C)c2cc(F)cc(N3CCCCC3)c2)c1C=C. The second-order valence-corrected chi connectivity index (χ2v) is 10.5. The highest BCUT2D eigenvalue weighted by atomic mass is 19.1. The van der Waals surface area contributed by atoms with Gasteiger partial charge in [-0.1, -0.05) is 64.6 Å². The first-order valence-corrected chi connectivity index (χ1v) is 14.4. The average Bonchev–Trinajstić information content (AvgIpc) is 2.98. The van der Waals surface area contributed by atoms with Gasteiger partial charge in [0.05, 0.1) is 5.69 Å². The van der Waals surface area contributed by atoms with Crippen LogP contribution in [-0.2, 0) is 6.42 Å². The molecule has 0 atom stereocenters. The lowest BCUT2D eigenvalue weighted by Gasteiger charge is -2.29. The average molecular weight is 540 g/mol. The van der Waals surface area contributed by atoms with Crippen LogP contribution < -0.4 is 15.5 Å². The zero-order chi connectivity index (χ0) is 28.5. The summed E-state index contributed by atoms with van der Waals surface area (Å²) in [4.78, 5) is 11.4. The molecule has 1 aromatic heterocycles. The minimum atomic E-state index is -0.259. The number of benzene rings is 2. The Hall–Kier alpha value is -3.93. The summed E-state index contributed by atoms with van der Waals surface area (Å²) in [6.45, 7) is 19.6. The monoisotopic (exact) mass is 539 g/mol. The third-order valence-electron chi connectivity index (χ3n) is 7.81. The van der Waals surface area contributed by atoms with Crippen LogP contribution in [0.25, 0.3) is 17.8 Å². The molecule has 0 radical (unpaired) electrons. The van der Waals surface area contributed by atoms with E-state index in [0.29, 0.717) is 24.0 Å². The van der Waals surface area contributed by atoms with Crippen molar-refractivity contribution in [3.8, 4) is 0 Å². The summed E-state index contributed by atoms with van der Waals surface area (Å²) >= 11 is 0. The molecule has 1 saturated heterocycles. The van der Waals surface area contributed by atoms with Gasteiger partial charge in [-0.05, 0) is 66.6 Å². The Morgan fingerprint density at radius 3 is 2.48 bits per heavy atom. The van der Waals surface area contributed by atoms with Crippen LogP contribution in [0.2, 0.25) is 0 Å². The molecule has 2 N–H and O–H groups in total. The van der Waals surface area contributed by atoms with E-state index in [1.807, 2.05) is 30.4 Å². The molecule has 0 bridgehead atoms. The van der Waals surface area contributed by atoms with Crippen molar-refractivity contribution in [3.63, 3.8) is 0 Å². The number of rotatable bonds is 13. The van der Waals surface area contributed by atoms with E-state index in [1.54, 1.807) is 12.3 Å². The van der Waals surface area contributed by atoms with Crippen molar-refractivity contribution in [2.75, 3.05) is 35.2 Å². The molecular weight excluding hydrogens is 497 g/mol. The van der Waals surface area contributed by atoms with Crippen molar-refractivity contribution < 1.29 is 4.39 Å². The molecule has 40 heavy (non-hydrogen) atoms. The van der Waals surface area contributed by atoms with Gasteiger partial charge in [0.2, 0.25) is 5.95 Å². The normalized spacial score (nSPS) is 13.2. The smallest absolute Gasteiger partial charge is 0.222 e. The summed E-state index contributed by atoms with van der Waals surface area (Å²) in [5.41, 5.74) is 7.02. The van der Waals surface area contributed by atoms with Gasteiger partial charge in [0, 0.05) is 60.5 Å². The molecule has 6 heteroatoms. The van der Waals surface area contributed by atoms with Crippen LogP contribution >= 0.6 is 0 Å². The second kappa shape index (κ2) is 13.9. The molecule has 210 valence electrons. The van der Waals surface area contributed by atoms with Gasteiger partial charge >= 0.3 is 0 Å². The van der Waals surface area contributed by atoms with Crippen molar-refractivity contribution in [2.45, 2.75) is 52.4 Å². The number of nitrogens with zero attached hydrogens (tertiary/aromatic N) is 3. The zero-order valence-corrected chi connectivity index (χ0v) is 24.0. The van der Waals surface area contributed by atoms with Crippen LogP contribution in [0.15, 0.2) is 62.3 Å². The number of piperidine rings is 1. The number of hydrogen-bond donors (Lipinski definition) is 2. The fraction of sp³-hybridized carbons (Fsp3) is 0.353. The van der Waals surface area contributed by atoms with Crippen LogP contribution in [0.4, 0.5) is 21.7 Å². The van der Waals surface area contributed by atoms with E-state index in [2.05, 4.69) is 60.2 Å².